The van der Waals surface area contributed by atoms with Crippen molar-refractivity contribution in [3.05, 3.63) is 58.3 Å². The van der Waals surface area contributed by atoms with Gasteiger partial charge in [0.05, 0.1) is 10.6 Å². The van der Waals surface area contributed by atoms with Gasteiger partial charge in [-0.2, -0.15) is 0 Å². The topological polar surface area (TPSA) is 110 Å². The van der Waals surface area contributed by atoms with E-state index in [9.17, 15) is 9.59 Å². The molecular weight excluding hydrogens is 326 g/mol. The first-order chi connectivity index (χ1) is 11.6. The molecule has 1 aromatic heterocycles. The van der Waals surface area contributed by atoms with E-state index >= 15 is 0 Å². The van der Waals surface area contributed by atoms with Crippen LogP contribution in [0.4, 0.5) is 10.7 Å². The lowest BCUT2D eigenvalue weighted by atomic mass is 10.1. The van der Waals surface area contributed by atoms with E-state index in [0.29, 0.717) is 29.6 Å². The molecule has 1 aromatic carbocycles. The van der Waals surface area contributed by atoms with Crippen LogP contribution in [0.25, 0.3) is 6.08 Å². The van der Waals surface area contributed by atoms with Gasteiger partial charge in [0.2, 0.25) is 5.95 Å². The zero-order valence-corrected chi connectivity index (χ0v) is 13.5. The zero-order chi connectivity index (χ0) is 16.9. The van der Waals surface area contributed by atoms with Gasteiger partial charge in [-0.1, -0.05) is 24.3 Å². The molecule has 0 saturated carbocycles. The molecule has 0 aliphatic carbocycles. The Hall–Kier alpha value is -2.71. The number of carbonyl (C=O) groups is 2. The monoisotopic (exact) mass is 341 g/mol. The average Bonchev–Trinajstić information content (AvgIpc) is 2.91. The fourth-order valence-corrected chi connectivity index (χ4v) is 2.81. The lowest BCUT2D eigenvalue weighted by molar-refractivity contribution is -0.115. The van der Waals surface area contributed by atoms with Crippen molar-refractivity contribution in [3.63, 3.8) is 0 Å². The molecule has 0 unspecified atom stereocenters. The van der Waals surface area contributed by atoms with Gasteiger partial charge in [0.1, 0.15) is 0 Å². The third-order valence-electron chi connectivity index (χ3n) is 3.28. The van der Waals surface area contributed by atoms with Crippen molar-refractivity contribution in [2.75, 3.05) is 5.32 Å². The van der Waals surface area contributed by atoms with E-state index in [1.165, 1.54) is 0 Å². The molecule has 8 heteroatoms. The molecule has 0 spiro atoms. The van der Waals surface area contributed by atoms with Crippen LogP contribution in [0.1, 0.15) is 16.8 Å². The summed E-state index contributed by atoms with van der Waals surface area (Å²) in [5.74, 6) is 0.0361. The summed E-state index contributed by atoms with van der Waals surface area (Å²) in [4.78, 5) is 31.5. The Morgan fingerprint density at radius 2 is 2.08 bits per heavy atom. The highest BCUT2D eigenvalue weighted by Crippen LogP contribution is 2.25. The van der Waals surface area contributed by atoms with Crippen LogP contribution in [0.3, 0.4) is 0 Å². The summed E-state index contributed by atoms with van der Waals surface area (Å²) >= 11 is 0.858. The molecule has 1 aliphatic rings. The fraction of sp³-hybridized carbons (Fsp3) is 0.125. The maximum atomic E-state index is 11.6. The molecular formula is C16H15N5O2S. The summed E-state index contributed by atoms with van der Waals surface area (Å²) in [6.07, 6.45) is 3.16. The van der Waals surface area contributed by atoms with Crippen LogP contribution in [0.15, 0.2) is 41.4 Å². The number of nitrogens with one attached hydrogen (secondary N) is 2. The molecule has 122 valence electrons. The zero-order valence-electron chi connectivity index (χ0n) is 12.7. The van der Waals surface area contributed by atoms with E-state index in [0.717, 1.165) is 22.9 Å². The maximum Gasteiger partial charge on any atom is 0.290 e. The van der Waals surface area contributed by atoms with Gasteiger partial charge in [-0.3, -0.25) is 14.9 Å². The number of rotatable bonds is 5. The van der Waals surface area contributed by atoms with Crippen LogP contribution in [0.5, 0.6) is 0 Å². The van der Waals surface area contributed by atoms with E-state index in [1.807, 2.05) is 24.3 Å². The largest absolute Gasteiger partial charge is 0.350 e. The average molecular weight is 341 g/mol. The smallest absolute Gasteiger partial charge is 0.290 e. The van der Waals surface area contributed by atoms with Crippen LogP contribution in [-0.4, -0.2) is 21.1 Å². The first-order valence-electron chi connectivity index (χ1n) is 7.24. The predicted molar refractivity (Wildman–Crippen MR) is 92.8 cm³/mol. The summed E-state index contributed by atoms with van der Waals surface area (Å²) < 4.78 is 0. The van der Waals surface area contributed by atoms with Crippen molar-refractivity contribution in [3.8, 4) is 0 Å². The quantitative estimate of drug-likeness (QED) is 0.712. The summed E-state index contributed by atoms with van der Waals surface area (Å²) in [5.41, 5.74) is 8.31. The number of aromatic nitrogens is 2. The van der Waals surface area contributed by atoms with Gasteiger partial charge in [0.15, 0.2) is 0 Å². The second kappa shape index (κ2) is 7.24. The molecule has 24 heavy (non-hydrogen) atoms. The minimum absolute atomic E-state index is 0.320. The third kappa shape index (κ3) is 3.98. The van der Waals surface area contributed by atoms with Crippen molar-refractivity contribution in [2.24, 2.45) is 5.73 Å². The first-order valence-corrected chi connectivity index (χ1v) is 8.05. The minimum Gasteiger partial charge on any atom is -0.350 e. The number of carbonyl (C=O) groups excluding carboxylic acids is 2. The predicted octanol–water partition coefficient (Wildman–Crippen LogP) is 1.87. The SMILES string of the molecule is NCc1cccc(CNc2nccc(/C=C3\SC(=O)NC3=O)n2)c1. The first kappa shape index (κ1) is 16.2. The normalized spacial score (nSPS) is 15.6. The number of hydrogen-bond acceptors (Lipinski definition) is 7. The second-order valence-corrected chi connectivity index (χ2v) is 6.05. The van der Waals surface area contributed by atoms with Crippen molar-refractivity contribution in [1.82, 2.24) is 15.3 Å². The number of nitrogens with two attached hydrogens (primary N) is 1. The van der Waals surface area contributed by atoms with Gasteiger partial charge in [-0.15, -0.1) is 0 Å². The summed E-state index contributed by atoms with van der Waals surface area (Å²) in [6, 6.07) is 9.60. The van der Waals surface area contributed by atoms with Crippen molar-refractivity contribution in [2.45, 2.75) is 13.1 Å². The van der Waals surface area contributed by atoms with E-state index in [4.69, 9.17) is 5.73 Å². The van der Waals surface area contributed by atoms with Crippen molar-refractivity contribution >= 4 is 34.9 Å². The maximum absolute atomic E-state index is 11.6. The number of hydrogen-bond donors (Lipinski definition) is 3. The molecule has 0 bridgehead atoms. The van der Waals surface area contributed by atoms with Gasteiger partial charge in [0.25, 0.3) is 11.1 Å². The highest BCUT2D eigenvalue weighted by Gasteiger charge is 2.25. The molecule has 2 amide bonds. The van der Waals surface area contributed by atoms with Crippen LogP contribution in [0.2, 0.25) is 0 Å². The van der Waals surface area contributed by atoms with Gasteiger partial charge < -0.3 is 11.1 Å². The fourth-order valence-electron chi connectivity index (χ4n) is 2.14. The number of amides is 2. The Morgan fingerprint density at radius 1 is 1.25 bits per heavy atom. The Bertz CT molecular complexity index is 822. The summed E-state index contributed by atoms with van der Waals surface area (Å²) in [7, 11) is 0. The van der Waals surface area contributed by atoms with Gasteiger partial charge in [0, 0.05) is 19.3 Å². The van der Waals surface area contributed by atoms with Gasteiger partial charge in [-0.05, 0) is 35.0 Å². The molecule has 0 atom stereocenters. The lowest BCUT2D eigenvalue weighted by Gasteiger charge is -2.07. The number of thioether (sulfide) groups is 1. The van der Waals surface area contributed by atoms with Crippen LogP contribution in [0, 0.1) is 0 Å². The lowest BCUT2D eigenvalue weighted by Crippen LogP contribution is -2.17. The Kier molecular flexibility index (Phi) is 4.88. The Balaban J connectivity index is 1.70. The number of anilines is 1. The Labute approximate surface area is 142 Å². The summed E-state index contributed by atoms with van der Waals surface area (Å²) in [5, 5.41) is 4.96. The highest BCUT2D eigenvalue weighted by molar-refractivity contribution is 8.18. The van der Waals surface area contributed by atoms with Crippen LogP contribution in [-0.2, 0) is 17.9 Å². The molecule has 1 fully saturated rings. The number of imide groups is 1. The molecule has 3 rings (SSSR count). The van der Waals surface area contributed by atoms with E-state index in [2.05, 4.69) is 20.6 Å². The molecule has 2 aromatic rings. The molecule has 1 saturated heterocycles. The van der Waals surface area contributed by atoms with E-state index in [-0.39, 0.29) is 5.24 Å². The van der Waals surface area contributed by atoms with Crippen molar-refractivity contribution < 1.29 is 9.59 Å². The third-order valence-corrected chi connectivity index (χ3v) is 4.09. The standard InChI is InChI=1S/C16H15N5O2S/c17-8-10-2-1-3-11(6-10)9-19-15-18-5-4-12(20-15)7-13-14(22)21-16(23)24-13/h1-7H,8-9,17H2,(H,18,19,20)(H,21,22,23)/b13-7-. The molecule has 7 nitrogen and oxygen atoms in total. The molecule has 4 N–H and O–H groups in total. The van der Waals surface area contributed by atoms with Gasteiger partial charge >= 0.3 is 0 Å². The number of benzene rings is 1. The van der Waals surface area contributed by atoms with Gasteiger partial charge in [-0.25, -0.2) is 9.97 Å². The summed E-state index contributed by atoms with van der Waals surface area (Å²) in [6.45, 7) is 1.05. The Morgan fingerprint density at radius 3 is 2.83 bits per heavy atom. The van der Waals surface area contributed by atoms with Crippen LogP contribution >= 0.6 is 11.8 Å². The van der Waals surface area contributed by atoms with E-state index in [1.54, 1.807) is 18.3 Å². The van der Waals surface area contributed by atoms with Crippen molar-refractivity contribution in [1.29, 1.82) is 0 Å². The molecule has 1 aliphatic heterocycles. The molecule has 2 heterocycles. The second-order valence-electron chi connectivity index (χ2n) is 5.03. The minimum atomic E-state index is -0.406. The van der Waals surface area contributed by atoms with Crippen LogP contribution < -0.4 is 16.4 Å². The molecule has 0 radical (unpaired) electrons. The number of nitrogens with zero attached hydrogens (tertiary/aromatic N) is 2. The van der Waals surface area contributed by atoms with E-state index < -0.39 is 5.91 Å². The highest BCUT2D eigenvalue weighted by atomic mass is 32.2.